The summed E-state index contributed by atoms with van der Waals surface area (Å²) in [6, 6.07) is 19.6. The molecule has 0 atom stereocenters. The zero-order valence-electron chi connectivity index (χ0n) is 17.7. The highest BCUT2D eigenvalue weighted by Crippen LogP contribution is 2.38. The van der Waals surface area contributed by atoms with E-state index >= 15 is 0 Å². The lowest BCUT2D eigenvalue weighted by Crippen LogP contribution is -2.19. The third-order valence-electron chi connectivity index (χ3n) is 5.11. The van der Waals surface area contributed by atoms with Crippen LogP contribution in [0.5, 0.6) is 17.2 Å². The molecule has 4 aromatic rings. The second-order valence-electron chi connectivity index (χ2n) is 6.91. The van der Waals surface area contributed by atoms with Crippen molar-refractivity contribution in [2.45, 2.75) is 4.90 Å². The summed E-state index contributed by atoms with van der Waals surface area (Å²) in [5, 5.41) is 0.615. The smallest absolute Gasteiger partial charge is 0.268 e. The van der Waals surface area contributed by atoms with Crippen molar-refractivity contribution in [3.63, 3.8) is 0 Å². The number of aromatic nitrogens is 1. The summed E-state index contributed by atoms with van der Waals surface area (Å²) >= 11 is 0. The molecule has 1 heterocycles. The van der Waals surface area contributed by atoms with Crippen LogP contribution in [0.3, 0.4) is 0 Å². The zero-order chi connectivity index (χ0) is 22.9. The van der Waals surface area contributed by atoms with Crippen molar-refractivity contribution < 1.29 is 27.4 Å². The van der Waals surface area contributed by atoms with E-state index in [9.17, 15) is 13.2 Å². The monoisotopic (exact) mass is 451 g/mol. The van der Waals surface area contributed by atoms with Gasteiger partial charge in [0.25, 0.3) is 10.0 Å². The Morgan fingerprint density at radius 2 is 1.50 bits per heavy atom. The Morgan fingerprint density at radius 1 is 0.812 bits per heavy atom. The van der Waals surface area contributed by atoms with Crippen LogP contribution < -0.4 is 14.2 Å². The molecule has 0 N–H and O–H groups in total. The Bertz CT molecular complexity index is 1410. The average Bonchev–Trinajstić information content (AvgIpc) is 3.23. The number of ketones is 1. The molecule has 164 valence electrons. The number of hydrogen-bond donors (Lipinski definition) is 0. The van der Waals surface area contributed by atoms with E-state index in [1.807, 2.05) is 0 Å². The van der Waals surface area contributed by atoms with Gasteiger partial charge in [-0.05, 0) is 30.3 Å². The first kappa shape index (κ1) is 21.5. The molecule has 4 rings (SSSR count). The number of methoxy groups -OCH3 is 3. The molecule has 3 aromatic carbocycles. The predicted octanol–water partition coefficient (Wildman–Crippen LogP) is 4.14. The van der Waals surface area contributed by atoms with Crippen LogP contribution in [0.4, 0.5) is 0 Å². The van der Waals surface area contributed by atoms with Crippen LogP contribution in [-0.4, -0.2) is 39.5 Å². The van der Waals surface area contributed by atoms with Gasteiger partial charge in [-0.1, -0.05) is 36.4 Å². The summed E-state index contributed by atoms with van der Waals surface area (Å²) in [5.41, 5.74) is 0.494. The first-order valence-corrected chi connectivity index (χ1v) is 11.1. The molecule has 0 spiro atoms. The van der Waals surface area contributed by atoms with Crippen LogP contribution in [0.25, 0.3) is 10.9 Å². The molecule has 0 unspecified atom stereocenters. The molecular formula is C24H21NO6S. The van der Waals surface area contributed by atoms with Crippen LogP contribution in [0.1, 0.15) is 16.1 Å². The van der Waals surface area contributed by atoms with Gasteiger partial charge in [-0.15, -0.1) is 0 Å². The van der Waals surface area contributed by atoms with Crippen molar-refractivity contribution in [1.29, 1.82) is 0 Å². The standard InChI is InChI=1S/C24H21NO6S/c1-29-17-14-19(24(31-3)22(15-17)30-2)23(26)21-13-16-9-7-8-12-20(16)25(21)32(27,28)18-10-5-4-6-11-18/h4-15H,1-3H3. The van der Waals surface area contributed by atoms with Crippen LogP contribution in [0, 0.1) is 0 Å². The number of ether oxygens (including phenoxy) is 3. The lowest BCUT2D eigenvalue weighted by molar-refractivity contribution is 0.102. The Morgan fingerprint density at radius 3 is 2.16 bits per heavy atom. The summed E-state index contributed by atoms with van der Waals surface area (Å²) in [6.45, 7) is 0. The molecule has 1 aromatic heterocycles. The molecule has 0 aliphatic carbocycles. The Labute approximate surface area is 185 Å². The summed E-state index contributed by atoms with van der Waals surface area (Å²) in [5.74, 6) is 0.310. The molecule has 0 amide bonds. The van der Waals surface area contributed by atoms with Crippen molar-refractivity contribution in [3.8, 4) is 17.2 Å². The van der Waals surface area contributed by atoms with Gasteiger partial charge in [0.15, 0.2) is 11.5 Å². The van der Waals surface area contributed by atoms with Crippen molar-refractivity contribution in [2.75, 3.05) is 21.3 Å². The third kappa shape index (κ3) is 3.48. The molecule has 0 saturated heterocycles. The fourth-order valence-electron chi connectivity index (χ4n) is 3.61. The molecule has 0 bridgehead atoms. The van der Waals surface area contributed by atoms with Gasteiger partial charge < -0.3 is 14.2 Å². The molecule has 0 aliphatic rings. The van der Waals surface area contributed by atoms with E-state index in [0.29, 0.717) is 22.4 Å². The number of carbonyl (C=O) groups is 1. The zero-order valence-corrected chi connectivity index (χ0v) is 18.5. The van der Waals surface area contributed by atoms with Crippen molar-refractivity contribution in [2.24, 2.45) is 0 Å². The van der Waals surface area contributed by atoms with Crippen molar-refractivity contribution >= 4 is 26.7 Å². The minimum absolute atomic E-state index is 0.0244. The van der Waals surface area contributed by atoms with E-state index in [-0.39, 0.29) is 21.9 Å². The van der Waals surface area contributed by atoms with E-state index in [0.717, 1.165) is 3.97 Å². The molecule has 7 nitrogen and oxygen atoms in total. The molecule has 0 radical (unpaired) electrons. The summed E-state index contributed by atoms with van der Waals surface area (Å²) in [4.78, 5) is 13.8. The Kier molecular flexibility index (Phi) is 5.63. The van der Waals surface area contributed by atoms with E-state index < -0.39 is 15.8 Å². The first-order chi connectivity index (χ1) is 15.4. The Hall–Kier alpha value is -3.78. The van der Waals surface area contributed by atoms with E-state index in [1.165, 1.54) is 39.5 Å². The number of rotatable bonds is 7. The average molecular weight is 452 g/mol. The van der Waals surface area contributed by atoms with E-state index in [2.05, 4.69) is 0 Å². The van der Waals surface area contributed by atoms with Gasteiger partial charge in [0.2, 0.25) is 5.78 Å². The maximum atomic E-state index is 13.8. The van der Waals surface area contributed by atoms with Gasteiger partial charge >= 0.3 is 0 Å². The van der Waals surface area contributed by atoms with Crippen LogP contribution in [0.15, 0.2) is 77.7 Å². The summed E-state index contributed by atoms with van der Waals surface area (Å²) < 4.78 is 44.3. The summed E-state index contributed by atoms with van der Waals surface area (Å²) in [6.07, 6.45) is 0. The molecule has 0 fully saturated rings. The van der Waals surface area contributed by atoms with E-state index in [4.69, 9.17) is 14.2 Å². The minimum atomic E-state index is -4.06. The fraction of sp³-hybridized carbons (Fsp3) is 0.125. The summed E-state index contributed by atoms with van der Waals surface area (Å²) in [7, 11) is 0.261. The number of benzene rings is 3. The molecule has 32 heavy (non-hydrogen) atoms. The maximum absolute atomic E-state index is 13.8. The highest BCUT2D eigenvalue weighted by Gasteiger charge is 2.29. The number of nitrogens with zero attached hydrogens (tertiary/aromatic N) is 1. The van der Waals surface area contributed by atoms with Crippen molar-refractivity contribution in [1.82, 2.24) is 3.97 Å². The van der Waals surface area contributed by atoms with Gasteiger partial charge in [0.05, 0.1) is 37.3 Å². The van der Waals surface area contributed by atoms with Gasteiger partial charge in [-0.3, -0.25) is 4.79 Å². The Balaban J connectivity index is 2.02. The van der Waals surface area contributed by atoms with Crippen LogP contribution in [-0.2, 0) is 10.0 Å². The second kappa shape index (κ2) is 8.39. The van der Waals surface area contributed by atoms with Crippen LogP contribution >= 0.6 is 0 Å². The quantitative estimate of drug-likeness (QED) is 0.393. The van der Waals surface area contributed by atoms with Gasteiger partial charge in [-0.25, -0.2) is 12.4 Å². The predicted molar refractivity (Wildman–Crippen MR) is 120 cm³/mol. The lowest BCUT2D eigenvalue weighted by atomic mass is 10.1. The molecule has 8 heteroatoms. The van der Waals surface area contributed by atoms with Crippen molar-refractivity contribution in [3.05, 3.63) is 84.1 Å². The molecule has 0 saturated carbocycles. The number of fused-ring (bicyclic) bond motifs is 1. The lowest BCUT2D eigenvalue weighted by Gasteiger charge is -2.15. The number of carbonyl (C=O) groups excluding carboxylic acids is 1. The molecular weight excluding hydrogens is 430 g/mol. The maximum Gasteiger partial charge on any atom is 0.268 e. The topological polar surface area (TPSA) is 83.8 Å². The minimum Gasteiger partial charge on any atom is -0.497 e. The number of para-hydroxylation sites is 1. The van der Waals surface area contributed by atoms with Gasteiger partial charge in [-0.2, -0.15) is 0 Å². The van der Waals surface area contributed by atoms with E-state index in [1.54, 1.807) is 54.6 Å². The SMILES string of the molecule is COc1cc(OC)c(OC)c(C(=O)c2cc3ccccc3n2S(=O)(=O)c2ccccc2)c1. The fourth-order valence-corrected chi connectivity index (χ4v) is 5.14. The first-order valence-electron chi connectivity index (χ1n) is 9.68. The second-order valence-corrected chi connectivity index (χ2v) is 8.70. The van der Waals surface area contributed by atoms with Gasteiger partial charge in [0.1, 0.15) is 11.4 Å². The highest BCUT2D eigenvalue weighted by molar-refractivity contribution is 7.90. The highest BCUT2D eigenvalue weighted by atomic mass is 32.2. The largest absolute Gasteiger partial charge is 0.497 e. The third-order valence-corrected chi connectivity index (χ3v) is 6.86. The normalized spacial score (nSPS) is 11.3. The van der Waals surface area contributed by atoms with Crippen LogP contribution in [0.2, 0.25) is 0 Å². The van der Waals surface area contributed by atoms with Gasteiger partial charge in [0, 0.05) is 11.5 Å². The molecule has 0 aliphatic heterocycles. The number of hydrogen-bond acceptors (Lipinski definition) is 6.